The van der Waals surface area contributed by atoms with Gasteiger partial charge in [0.25, 0.3) is 5.69 Å². The molecule has 3 atom stereocenters. The summed E-state index contributed by atoms with van der Waals surface area (Å²) in [7, 11) is 1.37. The Labute approximate surface area is 151 Å². The molecule has 1 aromatic carbocycles. The number of nitrogens with zero attached hydrogens (tertiary/aromatic N) is 2. The number of rotatable bonds is 5. The first kappa shape index (κ1) is 18.3. The van der Waals surface area contributed by atoms with Crippen LogP contribution in [0.25, 0.3) is 0 Å². The van der Waals surface area contributed by atoms with Gasteiger partial charge in [-0.3, -0.25) is 24.6 Å². The third-order valence-electron chi connectivity index (χ3n) is 5.38. The van der Waals surface area contributed by atoms with Gasteiger partial charge in [-0.15, -0.1) is 0 Å². The van der Waals surface area contributed by atoms with Crippen molar-refractivity contribution in [2.75, 3.05) is 19.0 Å². The number of benzene rings is 1. The van der Waals surface area contributed by atoms with Crippen LogP contribution in [0.15, 0.2) is 24.3 Å². The Morgan fingerprint density at radius 3 is 2.62 bits per heavy atom. The number of anilines is 1. The average Bonchev–Trinajstić information content (AvgIpc) is 3.00. The number of nitrogens with one attached hydrogen (secondary N) is 1. The van der Waals surface area contributed by atoms with E-state index in [1.807, 2.05) is 4.90 Å². The Bertz CT molecular complexity index is 691. The summed E-state index contributed by atoms with van der Waals surface area (Å²) in [6.07, 6.45) is 5.08. The lowest BCUT2D eigenvalue weighted by Crippen LogP contribution is -2.46. The van der Waals surface area contributed by atoms with E-state index < -0.39 is 4.92 Å². The van der Waals surface area contributed by atoms with Crippen LogP contribution < -0.4 is 5.32 Å². The Kier molecular flexibility index (Phi) is 5.51. The quantitative estimate of drug-likeness (QED) is 0.491. The highest BCUT2D eigenvalue weighted by Gasteiger charge is 2.46. The van der Waals surface area contributed by atoms with Crippen LogP contribution in [-0.2, 0) is 14.3 Å². The molecule has 3 unspecified atom stereocenters. The van der Waals surface area contributed by atoms with Crippen molar-refractivity contribution in [2.45, 2.75) is 44.2 Å². The van der Waals surface area contributed by atoms with Crippen molar-refractivity contribution >= 4 is 23.3 Å². The van der Waals surface area contributed by atoms with E-state index in [4.69, 9.17) is 4.74 Å². The van der Waals surface area contributed by atoms with Gasteiger partial charge in [0, 0.05) is 23.9 Å². The third-order valence-corrected chi connectivity index (χ3v) is 5.38. The molecule has 0 spiro atoms. The number of likely N-dealkylation sites (tertiary alicyclic amines) is 1. The third kappa shape index (κ3) is 3.85. The predicted octanol–water partition coefficient (Wildman–Crippen LogP) is 2.34. The Balaban J connectivity index is 1.67. The van der Waals surface area contributed by atoms with E-state index in [-0.39, 0.29) is 36.2 Å². The summed E-state index contributed by atoms with van der Waals surface area (Å²) in [5.41, 5.74) is 0.466. The monoisotopic (exact) mass is 361 g/mol. The van der Waals surface area contributed by atoms with Crippen molar-refractivity contribution in [1.29, 1.82) is 0 Å². The van der Waals surface area contributed by atoms with Crippen molar-refractivity contribution < 1.29 is 19.2 Å². The standard InChI is InChI=1S/C18H23N3O5/c1-26-18(23)16-10-12-4-2-3-5-15(12)20(16)11-17(22)19-13-6-8-14(9-7-13)21(24)25/h6-9,12,15-16H,2-5,10-11H2,1H3,(H,19,22). The first-order chi connectivity index (χ1) is 12.5. The molecular formula is C18H23N3O5. The molecule has 1 heterocycles. The molecular weight excluding hydrogens is 338 g/mol. The molecule has 8 nitrogen and oxygen atoms in total. The van der Waals surface area contributed by atoms with Crippen LogP contribution >= 0.6 is 0 Å². The fourth-order valence-corrected chi connectivity index (χ4v) is 4.18. The highest BCUT2D eigenvalue weighted by Crippen LogP contribution is 2.39. The van der Waals surface area contributed by atoms with Gasteiger partial charge in [-0.25, -0.2) is 0 Å². The average molecular weight is 361 g/mol. The van der Waals surface area contributed by atoms with Gasteiger partial charge in [0.05, 0.1) is 18.6 Å². The van der Waals surface area contributed by atoms with Crippen LogP contribution in [0.5, 0.6) is 0 Å². The number of carbonyl (C=O) groups excluding carboxylic acids is 2. The van der Waals surface area contributed by atoms with Crippen molar-refractivity contribution in [3.63, 3.8) is 0 Å². The van der Waals surface area contributed by atoms with Crippen LogP contribution in [0.1, 0.15) is 32.1 Å². The highest BCUT2D eigenvalue weighted by atomic mass is 16.6. The predicted molar refractivity (Wildman–Crippen MR) is 94.6 cm³/mol. The summed E-state index contributed by atoms with van der Waals surface area (Å²) >= 11 is 0. The zero-order valence-electron chi connectivity index (χ0n) is 14.7. The van der Waals surface area contributed by atoms with E-state index in [1.54, 1.807) is 0 Å². The minimum Gasteiger partial charge on any atom is -0.468 e. The normalized spacial score (nSPS) is 25.3. The zero-order chi connectivity index (χ0) is 18.7. The first-order valence-electron chi connectivity index (χ1n) is 8.87. The van der Waals surface area contributed by atoms with Crippen LogP contribution in [0.3, 0.4) is 0 Å². The van der Waals surface area contributed by atoms with Gasteiger partial charge in [0.1, 0.15) is 6.04 Å². The second-order valence-electron chi connectivity index (χ2n) is 6.91. The molecule has 1 aliphatic heterocycles. The van der Waals surface area contributed by atoms with E-state index in [0.717, 1.165) is 32.1 Å². The number of carbonyl (C=O) groups is 2. The Hall–Kier alpha value is -2.48. The number of nitro groups is 1. The molecule has 0 bridgehead atoms. The number of amides is 1. The maximum absolute atomic E-state index is 12.5. The zero-order valence-corrected chi connectivity index (χ0v) is 14.7. The number of non-ortho nitro benzene ring substituents is 1. The lowest BCUT2D eigenvalue weighted by Gasteiger charge is -2.32. The lowest BCUT2D eigenvalue weighted by molar-refractivity contribution is -0.384. The summed E-state index contributed by atoms with van der Waals surface area (Å²) in [6.45, 7) is 0.109. The number of fused-ring (bicyclic) bond motifs is 1. The largest absolute Gasteiger partial charge is 0.468 e. The molecule has 0 radical (unpaired) electrons. The van der Waals surface area contributed by atoms with Gasteiger partial charge in [-0.2, -0.15) is 0 Å². The lowest BCUT2D eigenvalue weighted by atomic mass is 9.85. The van der Waals surface area contributed by atoms with Crippen molar-refractivity contribution in [2.24, 2.45) is 5.92 Å². The number of methoxy groups -OCH3 is 1. The molecule has 140 valence electrons. The highest BCUT2D eigenvalue weighted by molar-refractivity contribution is 5.92. The molecule has 1 aliphatic carbocycles. The smallest absolute Gasteiger partial charge is 0.323 e. The van der Waals surface area contributed by atoms with Gasteiger partial charge < -0.3 is 10.1 Å². The van der Waals surface area contributed by atoms with Crippen LogP contribution in [-0.4, -0.2) is 47.4 Å². The Morgan fingerprint density at radius 2 is 1.96 bits per heavy atom. The molecule has 2 fully saturated rings. The van der Waals surface area contributed by atoms with E-state index in [1.165, 1.54) is 31.4 Å². The summed E-state index contributed by atoms with van der Waals surface area (Å²) < 4.78 is 4.93. The maximum atomic E-state index is 12.5. The molecule has 1 N–H and O–H groups in total. The minimum atomic E-state index is -0.486. The number of hydrogen-bond donors (Lipinski definition) is 1. The fraction of sp³-hybridized carbons (Fsp3) is 0.556. The summed E-state index contributed by atoms with van der Waals surface area (Å²) in [5, 5.41) is 13.4. The molecule has 3 rings (SSSR count). The van der Waals surface area contributed by atoms with Gasteiger partial charge in [-0.05, 0) is 37.3 Å². The number of hydrogen-bond acceptors (Lipinski definition) is 6. The molecule has 1 aromatic rings. The SMILES string of the molecule is COC(=O)C1CC2CCCCC2N1CC(=O)Nc1ccc([N+](=O)[O-])cc1. The number of nitro benzene ring substituents is 1. The maximum Gasteiger partial charge on any atom is 0.323 e. The van der Waals surface area contributed by atoms with Crippen molar-refractivity contribution in [1.82, 2.24) is 4.90 Å². The molecule has 26 heavy (non-hydrogen) atoms. The Morgan fingerprint density at radius 1 is 1.27 bits per heavy atom. The summed E-state index contributed by atoms with van der Waals surface area (Å²) in [5.74, 6) is -0.0958. The van der Waals surface area contributed by atoms with E-state index in [9.17, 15) is 19.7 Å². The first-order valence-corrected chi connectivity index (χ1v) is 8.87. The van der Waals surface area contributed by atoms with Crippen LogP contribution in [0, 0.1) is 16.0 Å². The van der Waals surface area contributed by atoms with E-state index >= 15 is 0 Å². The van der Waals surface area contributed by atoms with Gasteiger partial charge in [-0.1, -0.05) is 12.8 Å². The summed E-state index contributed by atoms with van der Waals surface area (Å²) in [6, 6.07) is 5.55. The van der Waals surface area contributed by atoms with Gasteiger partial charge in [0.2, 0.25) is 5.91 Å². The van der Waals surface area contributed by atoms with Crippen LogP contribution in [0.4, 0.5) is 11.4 Å². The van der Waals surface area contributed by atoms with E-state index in [0.29, 0.717) is 11.6 Å². The van der Waals surface area contributed by atoms with Crippen molar-refractivity contribution in [3.05, 3.63) is 34.4 Å². The van der Waals surface area contributed by atoms with Crippen molar-refractivity contribution in [3.8, 4) is 0 Å². The topological polar surface area (TPSA) is 102 Å². The van der Waals surface area contributed by atoms with Gasteiger partial charge >= 0.3 is 5.97 Å². The fourth-order valence-electron chi connectivity index (χ4n) is 4.18. The summed E-state index contributed by atoms with van der Waals surface area (Å²) in [4.78, 5) is 36.8. The number of ether oxygens (including phenoxy) is 1. The molecule has 1 saturated heterocycles. The molecule has 1 amide bonds. The molecule has 1 saturated carbocycles. The minimum absolute atomic E-state index is 0.0293. The number of esters is 1. The molecule has 0 aromatic heterocycles. The second-order valence-corrected chi connectivity index (χ2v) is 6.91. The van der Waals surface area contributed by atoms with Crippen LogP contribution in [0.2, 0.25) is 0 Å². The van der Waals surface area contributed by atoms with Gasteiger partial charge in [0.15, 0.2) is 0 Å². The second kappa shape index (κ2) is 7.82. The van der Waals surface area contributed by atoms with E-state index in [2.05, 4.69) is 5.32 Å². The molecule has 8 heteroatoms. The molecule has 2 aliphatic rings.